The largest absolute Gasteiger partial charge is 0.491 e. The highest BCUT2D eigenvalue weighted by Crippen LogP contribution is 2.33. The van der Waals surface area contributed by atoms with E-state index in [0.717, 1.165) is 28.4 Å². The molecule has 96 valence electrons. The molecule has 1 nitrogen and oxygen atoms in total. The molecule has 0 N–H and O–H groups in total. The summed E-state index contributed by atoms with van der Waals surface area (Å²) < 4.78 is 6.81. The van der Waals surface area contributed by atoms with E-state index in [1.165, 1.54) is 0 Å². The Kier molecular flexibility index (Phi) is 6.32. The number of benzene rings is 1. The van der Waals surface area contributed by atoms with Crippen LogP contribution in [0.5, 0.6) is 5.75 Å². The van der Waals surface area contributed by atoms with Crippen LogP contribution in [-0.2, 0) is 0 Å². The van der Waals surface area contributed by atoms with Gasteiger partial charge in [-0.1, -0.05) is 57.3 Å². The van der Waals surface area contributed by atoms with Crippen molar-refractivity contribution in [2.45, 2.75) is 26.7 Å². The zero-order valence-electron chi connectivity index (χ0n) is 10.1. The maximum Gasteiger partial charge on any atom is 0.137 e. The van der Waals surface area contributed by atoms with Crippen LogP contribution in [0.1, 0.15) is 26.7 Å². The predicted octanol–water partition coefficient (Wildman–Crippen LogP) is 5.68. The van der Waals surface area contributed by atoms with Crippen molar-refractivity contribution in [2.75, 3.05) is 11.9 Å². The molecule has 0 aliphatic heterocycles. The van der Waals surface area contributed by atoms with Gasteiger partial charge >= 0.3 is 0 Å². The van der Waals surface area contributed by atoms with Gasteiger partial charge in [0.1, 0.15) is 5.75 Å². The first-order chi connectivity index (χ1) is 8.06. The molecule has 0 atom stereocenters. The summed E-state index contributed by atoms with van der Waals surface area (Å²) in [5.74, 6) is 0.752. The molecule has 0 heterocycles. The van der Waals surface area contributed by atoms with Crippen LogP contribution in [-0.4, -0.2) is 11.9 Å². The van der Waals surface area contributed by atoms with E-state index < -0.39 is 0 Å². The Morgan fingerprint density at radius 1 is 1.29 bits per heavy atom. The third kappa shape index (κ3) is 4.15. The second-order valence-corrected chi connectivity index (χ2v) is 6.09. The summed E-state index contributed by atoms with van der Waals surface area (Å²) >= 11 is 13.1. The number of alkyl halides is 1. The van der Waals surface area contributed by atoms with Crippen LogP contribution in [0.4, 0.5) is 0 Å². The van der Waals surface area contributed by atoms with Crippen LogP contribution in [0.25, 0.3) is 0 Å². The fraction of sp³-hybridized carbons (Fsp3) is 0.538. The van der Waals surface area contributed by atoms with Gasteiger partial charge < -0.3 is 4.74 Å². The van der Waals surface area contributed by atoms with E-state index in [9.17, 15) is 0 Å². The molecule has 0 fully saturated rings. The summed E-state index contributed by atoms with van der Waals surface area (Å²) in [4.78, 5) is 0. The first-order valence-corrected chi connectivity index (χ1v) is 8.00. The lowest BCUT2D eigenvalue weighted by molar-refractivity contribution is 0.158. The minimum absolute atomic E-state index is 0.191. The third-order valence-electron chi connectivity index (χ3n) is 3.21. The molecule has 0 aromatic heterocycles. The summed E-state index contributed by atoms with van der Waals surface area (Å²) in [6.07, 6.45) is 2.17. The Balaban J connectivity index is 2.72. The van der Waals surface area contributed by atoms with E-state index in [1.54, 1.807) is 0 Å². The van der Waals surface area contributed by atoms with Gasteiger partial charge in [-0.2, -0.15) is 0 Å². The molecule has 1 aromatic carbocycles. The first kappa shape index (κ1) is 15.3. The van der Waals surface area contributed by atoms with Gasteiger partial charge in [0.05, 0.1) is 11.6 Å². The zero-order valence-corrected chi connectivity index (χ0v) is 14.0. The fourth-order valence-corrected chi connectivity index (χ4v) is 3.19. The molecular weight excluding hydrogens is 367 g/mol. The van der Waals surface area contributed by atoms with Crippen molar-refractivity contribution in [3.8, 4) is 5.75 Å². The van der Waals surface area contributed by atoms with Crippen molar-refractivity contribution in [3.05, 3.63) is 27.7 Å². The molecular formula is C13H17Br2ClO. The van der Waals surface area contributed by atoms with E-state index in [1.807, 2.05) is 18.2 Å². The molecule has 0 bridgehead atoms. The van der Waals surface area contributed by atoms with Gasteiger partial charge in [0.25, 0.3) is 0 Å². The van der Waals surface area contributed by atoms with Crippen molar-refractivity contribution >= 4 is 43.5 Å². The maximum atomic E-state index is 6.12. The molecule has 0 amide bonds. The molecule has 1 aromatic rings. The minimum atomic E-state index is 0.191. The summed E-state index contributed by atoms with van der Waals surface area (Å²) in [5, 5.41) is 1.59. The highest BCUT2D eigenvalue weighted by molar-refractivity contribution is 9.10. The SMILES string of the molecule is CCC(CC)(CBr)COc1ccc(Br)cc1Cl. The lowest BCUT2D eigenvalue weighted by Gasteiger charge is -2.29. The molecule has 0 aliphatic rings. The number of hydrogen-bond donors (Lipinski definition) is 0. The quantitative estimate of drug-likeness (QED) is 0.573. The predicted molar refractivity (Wildman–Crippen MR) is 81.5 cm³/mol. The minimum Gasteiger partial charge on any atom is -0.491 e. The smallest absolute Gasteiger partial charge is 0.137 e. The topological polar surface area (TPSA) is 9.23 Å². The van der Waals surface area contributed by atoms with Crippen LogP contribution < -0.4 is 4.74 Å². The molecule has 1 rings (SSSR count). The maximum absolute atomic E-state index is 6.12. The standard InChI is InChI=1S/C13H17Br2ClO/c1-3-13(4-2,8-14)9-17-12-6-5-10(15)7-11(12)16/h5-7H,3-4,8-9H2,1-2H3. The molecule has 0 saturated heterocycles. The molecule has 17 heavy (non-hydrogen) atoms. The van der Waals surface area contributed by atoms with Crippen LogP contribution >= 0.6 is 43.5 Å². The van der Waals surface area contributed by atoms with Gasteiger partial charge in [-0.25, -0.2) is 0 Å². The van der Waals surface area contributed by atoms with Gasteiger partial charge in [-0.15, -0.1) is 0 Å². The first-order valence-electron chi connectivity index (χ1n) is 5.70. The third-order valence-corrected chi connectivity index (χ3v) is 5.19. The van der Waals surface area contributed by atoms with E-state index in [2.05, 4.69) is 45.7 Å². The van der Waals surface area contributed by atoms with Gasteiger partial charge in [0, 0.05) is 15.2 Å². The monoisotopic (exact) mass is 382 g/mol. The summed E-state index contributed by atoms with van der Waals surface area (Å²) in [6.45, 7) is 5.07. The van der Waals surface area contributed by atoms with Crippen LogP contribution in [0, 0.1) is 5.41 Å². The Bertz CT molecular complexity index is 356. The van der Waals surface area contributed by atoms with E-state index >= 15 is 0 Å². The molecule has 0 spiro atoms. The van der Waals surface area contributed by atoms with Gasteiger partial charge in [-0.05, 0) is 31.0 Å². The second kappa shape index (κ2) is 7.01. The highest BCUT2D eigenvalue weighted by atomic mass is 79.9. The summed E-state index contributed by atoms with van der Waals surface area (Å²) in [6, 6.07) is 5.69. The summed E-state index contributed by atoms with van der Waals surface area (Å²) in [5.41, 5.74) is 0.191. The fourth-order valence-electron chi connectivity index (χ4n) is 1.50. The number of hydrogen-bond acceptors (Lipinski definition) is 1. The normalized spacial score (nSPS) is 11.6. The van der Waals surface area contributed by atoms with Crippen molar-refractivity contribution in [2.24, 2.45) is 5.41 Å². The molecule has 0 aliphatic carbocycles. The molecule has 0 saturated carbocycles. The Morgan fingerprint density at radius 3 is 2.41 bits per heavy atom. The second-order valence-electron chi connectivity index (χ2n) is 4.20. The Hall–Kier alpha value is 0.270. The highest BCUT2D eigenvalue weighted by Gasteiger charge is 2.26. The average molecular weight is 385 g/mol. The molecule has 0 radical (unpaired) electrons. The van der Waals surface area contributed by atoms with E-state index in [-0.39, 0.29) is 5.41 Å². The van der Waals surface area contributed by atoms with Crippen molar-refractivity contribution in [1.82, 2.24) is 0 Å². The van der Waals surface area contributed by atoms with E-state index in [0.29, 0.717) is 11.6 Å². The average Bonchev–Trinajstić information content (AvgIpc) is 2.33. The van der Waals surface area contributed by atoms with Crippen LogP contribution in [0.3, 0.4) is 0 Å². The lowest BCUT2D eigenvalue weighted by atomic mass is 9.86. The zero-order chi connectivity index (χ0) is 12.9. The Labute approximate surface area is 125 Å². The molecule has 0 unspecified atom stereocenters. The van der Waals surface area contributed by atoms with Gasteiger partial charge in [0.15, 0.2) is 0 Å². The number of halogens is 3. The van der Waals surface area contributed by atoms with Crippen LogP contribution in [0.2, 0.25) is 5.02 Å². The van der Waals surface area contributed by atoms with Crippen molar-refractivity contribution < 1.29 is 4.74 Å². The number of ether oxygens (including phenoxy) is 1. The van der Waals surface area contributed by atoms with Gasteiger partial charge in [-0.3, -0.25) is 0 Å². The lowest BCUT2D eigenvalue weighted by Crippen LogP contribution is -2.29. The van der Waals surface area contributed by atoms with Gasteiger partial charge in [0.2, 0.25) is 0 Å². The Morgan fingerprint density at radius 2 is 1.94 bits per heavy atom. The van der Waals surface area contributed by atoms with E-state index in [4.69, 9.17) is 16.3 Å². The summed E-state index contributed by atoms with van der Waals surface area (Å²) in [7, 11) is 0. The van der Waals surface area contributed by atoms with Crippen molar-refractivity contribution in [3.63, 3.8) is 0 Å². The van der Waals surface area contributed by atoms with Crippen LogP contribution in [0.15, 0.2) is 22.7 Å². The number of rotatable bonds is 6. The van der Waals surface area contributed by atoms with Crippen molar-refractivity contribution in [1.29, 1.82) is 0 Å². The molecule has 4 heteroatoms.